The normalized spacial score (nSPS) is 11.6. The molecule has 0 heterocycles. The summed E-state index contributed by atoms with van der Waals surface area (Å²) in [5.41, 5.74) is 6.04. The molecule has 0 aliphatic heterocycles. The van der Waals surface area contributed by atoms with Gasteiger partial charge in [0.25, 0.3) is 0 Å². The van der Waals surface area contributed by atoms with Crippen LogP contribution in [0, 0.1) is 0 Å². The monoisotopic (exact) mass is 115 g/mol. The van der Waals surface area contributed by atoms with Crippen molar-refractivity contribution in [3.05, 3.63) is 11.9 Å². The molecule has 3 nitrogen and oxygen atoms in total. The van der Waals surface area contributed by atoms with Gasteiger partial charge in [0.15, 0.2) is 0 Å². The highest BCUT2D eigenvalue weighted by molar-refractivity contribution is 4.88. The Bertz CT molecular complexity index is 83.7. The van der Waals surface area contributed by atoms with Gasteiger partial charge in [-0.2, -0.15) is 0 Å². The van der Waals surface area contributed by atoms with Gasteiger partial charge in [-0.25, -0.2) is 5.84 Å². The summed E-state index contributed by atoms with van der Waals surface area (Å²) in [5, 5.41) is 1.54. The zero-order valence-corrected chi connectivity index (χ0v) is 5.39. The van der Waals surface area contributed by atoms with Gasteiger partial charge in [-0.1, -0.05) is 0 Å². The predicted molar refractivity (Wildman–Crippen MR) is 34.5 cm³/mol. The maximum atomic E-state index is 5.35. The van der Waals surface area contributed by atoms with E-state index in [0.717, 1.165) is 12.2 Å². The van der Waals surface area contributed by atoms with Crippen molar-refractivity contribution < 1.29 is 0 Å². The lowest BCUT2D eigenvalue weighted by Crippen LogP contribution is -2.25. The maximum absolute atomic E-state index is 5.35. The number of rotatable bonds is 2. The van der Waals surface area contributed by atoms with Crippen molar-refractivity contribution in [1.82, 2.24) is 5.01 Å². The third kappa shape index (κ3) is 3.49. The van der Waals surface area contributed by atoms with Gasteiger partial charge >= 0.3 is 0 Å². The minimum atomic E-state index is 0.731. The van der Waals surface area contributed by atoms with E-state index in [1.54, 1.807) is 13.1 Å². The van der Waals surface area contributed by atoms with E-state index in [1.165, 1.54) is 5.01 Å². The zero-order chi connectivity index (χ0) is 6.57. The number of nitrogens with zero attached hydrogens (tertiary/aromatic N) is 1. The second-order valence-electron chi connectivity index (χ2n) is 1.70. The topological polar surface area (TPSA) is 55.3 Å². The highest BCUT2D eigenvalue weighted by Gasteiger charge is 1.82. The van der Waals surface area contributed by atoms with Gasteiger partial charge in [0.1, 0.15) is 0 Å². The Morgan fingerprint density at radius 2 is 2.25 bits per heavy atom. The number of nitrogens with two attached hydrogens (primary N) is 2. The van der Waals surface area contributed by atoms with Gasteiger partial charge in [-0.15, -0.1) is 0 Å². The Morgan fingerprint density at radius 1 is 1.75 bits per heavy atom. The zero-order valence-electron chi connectivity index (χ0n) is 5.39. The molecular weight excluding hydrogens is 102 g/mol. The van der Waals surface area contributed by atoms with Crippen LogP contribution in [0.2, 0.25) is 0 Å². The molecule has 0 amide bonds. The van der Waals surface area contributed by atoms with Crippen LogP contribution in [0.15, 0.2) is 11.9 Å². The van der Waals surface area contributed by atoms with E-state index in [9.17, 15) is 0 Å². The van der Waals surface area contributed by atoms with E-state index in [0.29, 0.717) is 0 Å². The number of hydrogen-bond acceptors (Lipinski definition) is 3. The first-order chi connectivity index (χ1) is 3.66. The first-order valence-electron chi connectivity index (χ1n) is 2.62. The van der Waals surface area contributed by atoms with Gasteiger partial charge in [0, 0.05) is 18.4 Å². The largest absolute Gasteiger partial charge is 0.401 e. The van der Waals surface area contributed by atoms with E-state index < -0.39 is 0 Å². The summed E-state index contributed by atoms with van der Waals surface area (Å²) in [4.78, 5) is 0. The van der Waals surface area contributed by atoms with Crippen molar-refractivity contribution in [2.75, 3.05) is 6.54 Å². The molecule has 0 radical (unpaired) electrons. The SMILES string of the molecule is CCN(N)/C=C(/C)N. The maximum Gasteiger partial charge on any atom is 0.0339 e. The third-order valence-electron chi connectivity index (χ3n) is 0.735. The van der Waals surface area contributed by atoms with E-state index in [1.807, 2.05) is 6.92 Å². The molecule has 4 N–H and O–H groups in total. The molecule has 0 aliphatic rings. The first kappa shape index (κ1) is 7.30. The summed E-state index contributed by atoms with van der Waals surface area (Å²) >= 11 is 0. The fraction of sp³-hybridized carbons (Fsp3) is 0.600. The van der Waals surface area contributed by atoms with Crippen molar-refractivity contribution in [2.45, 2.75) is 13.8 Å². The van der Waals surface area contributed by atoms with Gasteiger partial charge in [0.05, 0.1) is 0 Å². The van der Waals surface area contributed by atoms with Crippen LogP contribution >= 0.6 is 0 Å². The molecule has 0 aromatic carbocycles. The van der Waals surface area contributed by atoms with Crippen LogP contribution in [0.3, 0.4) is 0 Å². The highest BCUT2D eigenvalue weighted by Crippen LogP contribution is 1.81. The second kappa shape index (κ2) is 3.32. The molecular formula is C5H13N3. The van der Waals surface area contributed by atoms with Crippen molar-refractivity contribution in [1.29, 1.82) is 0 Å². The lowest BCUT2D eigenvalue weighted by Gasteiger charge is -2.09. The summed E-state index contributed by atoms with van der Waals surface area (Å²) in [5.74, 6) is 5.35. The third-order valence-corrected chi connectivity index (χ3v) is 0.735. The predicted octanol–water partition coefficient (Wildman–Crippen LogP) is 0.00200. The van der Waals surface area contributed by atoms with Crippen LogP contribution in [0.5, 0.6) is 0 Å². The van der Waals surface area contributed by atoms with Gasteiger partial charge in [-0.3, -0.25) is 0 Å². The molecule has 8 heavy (non-hydrogen) atoms. The molecule has 0 fully saturated rings. The number of allylic oxidation sites excluding steroid dienone is 1. The molecule has 0 aromatic rings. The van der Waals surface area contributed by atoms with Gasteiger partial charge in [-0.05, 0) is 13.8 Å². The fourth-order valence-electron chi connectivity index (χ4n) is 0.353. The molecule has 0 aromatic heterocycles. The Labute approximate surface area is 49.9 Å². The van der Waals surface area contributed by atoms with Gasteiger partial charge in [0.2, 0.25) is 0 Å². The Hall–Kier alpha value is -0.700. The smallest absolute Gasteiger partial charge is 0.0339 e. The number of hydrogen-bond donors (Lipinski definition) is 2. The summed E-state index contributed by atoms with van der Waals surface area (Å²) < 4.78 is 0. The Balaban J connectivity index is 3.51. The van der Waals surface area contributed by atoms with Crippen LogP contribution in [0.4, 0.5) is 0 Å². The summed E-state index contributed by atoms with van der Waals surface area (Å²) in [7, 11) is 0. The minimum Gasteiger partial charge on any atom is -0.401 e. The molecule has 0 saturated heterocycles. The molecule has 0 bridgehead atoms. The standard InChI is InChI=1S/C5H13N3/c1-3-8(7)4-5(2)6/h4H,3,6-7H2,1-2H3/b5-4-. The van der Waals surface area contributed by atoms with Crippen LogP contribution in [0.1, 0.15) is 13.8 Å². The molecule has 48 valence electrons. The van der Waals surface area contributed by atoms with Crippen LogP contribution < -0.4 is 11.6 Å². The van der Waals surface area contributed by atoms with E-state index in [4.69, 9.17) is 11.6 Å². The lowest BCUT2D eigenvalue weighted by molar-refractivity contribution is 0.413. The van der Waals surface area contributed by atoms with Crippen LogP contribution in [-0.4, -0.2) is 11.6 Å². The summed E-state index contributed by atoms with van der Waals surface area (Å²) in [6.07, 6.45) is 1.69. The Morgan fingerprint density at radius 3 is 2.38 bits per heavy atom. The van der Waals surface area contributed by atoms with Gasteiger partial charge < -0.3 is 10.7 Å². The quantitative estimate of drug-likeness (QED) is 0.393. The van der Waals surface area contributed by atoms with E-state index in [-0.39, 0.29) is 0 Å². The molecule has 0 aliphatic carbocycles. The summed E-state index contributed by atoms with van der Waals surface area (Å²) in [6.45, 7) is 4.55. The fourth-order valence-corrected chi connectivity index (χ4v) is 0.353. The average Bonchev–Trinajstić information content (AvgIpc) is 1.65. The van der Waals surface area contributed by atoms with Crippen LogP contribution in [0.25, 0.3) is 0 Å². The van der Waals surface area contributed by atoms with Crippen molar-refractivity contribution in [2.24, 2.45) is 11.6 Å². The lowest BCUT2D eigenvalue weighted by atomic mass is 10.5. The second-order valence-corrected chi connectivity index (χ2v) is 1.70. The molecule has 0 unspecified atom stereocenters. The molecule has 0 spiro atoms. The number of hydrazine groups is 1. The summed E-state index contributed by atoms with van der Waals surface area (Å²) in [6, 6.07) is 0. The molecule has 0 atom stereocenters. The van der Waals surface area contributed by atoms with Crippen LogP contribution in [-0.2, 0) is 0 Å². The first-order valence-corrected chi connectivity index (χ1v) is 2.62. The average molecular weight is 115 g/mol. The molecule has 3 heteroatoms. The minimum absolute atomic E-state index is 0.731. The van der Waals surface area contributed by atoms with E-state index in [2.05, 4.69) is 0 Å². The van der Waals surface area contributed by atoms with E-state index >= 15 is 0 Å². The Kier molecular flexibility index (Phi) is 3.03. The molecule has 0 rings (SSSR count). The van der Waals surface area contributed by atoms with Crippen molar-refractivity contribution >= 4 is 0 Å². The van der Waals surface area contributed by atoms with Crippen molar-refractivity contribution in [3.63, 3.8) is 0 Å². The molecule has 0 saturated carbocycles. The van der Waals surface area contributed by atoms with Crippen molar-refractivity contribution in [3.8, 4) is 0 Å². The highest BCUT2D eigenvalue weighted by atomic mass is 15.4.